The molecule has 7 heteroatoms. The van der Waals surface area contributed by atoms with Crippen LogP contribution in [-0.2, 0) is 14.4 Å². The van der Waals surface area contributed by atoms with Crippen LogP contribution in [0.15, 0.2) is 18.2 Å². The van der Waals surface area contributed by atoms with E-state index in [1.54, 1.807) is 18.2 Å². The lowest BCUT2D eigenvalue weighted by molar-refractivity contribution is -0.139. The maximum atomic E-state index is 11.8. The number of carbonyl (C=O) groups is 3. The van der Waals surface area contributed by atoms with Gasteiger partial charge >= 0.3 is 5.97 Å². The summed E-state index contributed by atoms with van der Waals surface area (Å²) in [5.41, 5.74) is 0.986. The molecule has 1 heterocycles. The quantitative estimate of drug-likeness (QED) is 0.752. The third-order valence-electron chi connectivity index (χ3n) is 3.32. The van der Waals surface area contributed by atoms with E-state index in [1.165, 1.54) is 0 Å². The van der Waals surface area contributed by atoms with Crippen LogP contribution in [0.2, 0.25) is 0 Å². The largest absolute Gasteiger partial charge is 0.482 e. The summed E-state index contributed by atoms with van der Waals surface area (Å²) >= 11 is 0. The van der Waals surface area contributed by atoms with Crippen molar-refractivity contribution < 1.29 is 24.2 Å². The van der Waals surface area contributed by atoms with Crippen molar-refractivity contribution in [1.29, 1.82) is 0 Å². The lowest BCUT2D eigenvalue weighted by Crippen LogP contribution is -2.25. The lowest BCUT2D eigenvalue weighted by atomic mass is 10.2. The number of nitrogens with one attached hydrogen (secondary N) is 2. The number of amides is 2. The molecule has 1 aromatic rings. The Balaban J connectivity index is 1.69. The topological polar surface area (TPSA) is 105 Å². The van der Waals surface area contributed by atoms with E-state index in [4.69, 9.17) is 9.84 Å². The Labute approximate surface area is 113 Å². The number of benzene rings is 1. The van der Waals surface area contributed by atoms with Gasteiger partial charge in [0.05, 0.1) is 17.5 Å². The number of rotatable bonds is 3. The zero-order valence-electron chi connectivity index (χ0n) is 10.4. The first-order valence-corrected chi connectivity index (χ1v) is 6.15. The summed E-state index contributed by atoms with van der Waals surface area (Å²) in [4.78, 5) is 33.7. The molecule has 2 atom stereocenters. The van der Waals surface area contributed by atoms with Gasteiger partial charge in [-0.05, 0) is 24.6 Å². The number of hydrogen-bond donors (Lipinski definition) is 3. The highest BCUT2D eigenvalue weighted by Crippen LogP contribution is 2.40. The number of carboxylic acids is 1. The van der Waals surface area contributed by atoms with Gasteiger partial charge in [0.1, 0.15) is 5.75 Å². The normalized spacial score (nSPS) is 23.1. The highest BCUT2D eigenvalue weighted by Gasteiger charge is 2.48. The molecule has 1 fully saturated rings. The van der Waals surface area contributed by atoms with Crippen LogP contribution in [0, 0.1) is 11.8 Å². The van der Waals surface area contributed by atoms with E-state index >= 15 is 0 Å². The Bertz CT molecular complexity index is 613. The summed E-state index contributed by atoms with van der Waals surface area (Å²) in [5.74, 6) is -2.05. The van der Waals surface area contributed by atoms with Crippen molar-refractivity contribution in [3.05, 3.63) is 18.2 Å². The van der Waals surface area contributed by atoms with Crippen LogP contribution in [0.5, 0.6) is 5.75 Å². The Hall–Kier alpha value is -2.57. The van der Waals surface area contributed by atoms with Crippen molar-refractivity contribution in [1.82, 2.24) is 0 Å². The molecule has 2 aliphatic rings. The predicted molar refractivity (Wildman–Crippen MR) is 68.4 cm³/mol. The van der Waals surface area contributed by atoms with Gasteiger partial charge in [-0.15, -0.1) is 0 Å². The van der Waals surface area contributed by atoms with E-state index in [2.05, 4.69) is 10.6 Å². The first kappa shape index (κ1) is 12.5. The van der Waals surface area contributed by atoms with Crippen molar-refractivity contribution >= 4 is 29.2 Å². The molecule has 1 aliphatic carbocycles. The molecule has 7 nitrogen and oxygen atoms in total. The second-order valence-electron chi connectivity index (χ2n) is 4.82. The molecular formula is C13H12N2O5. The molecule has 0 spiro atoms. The van der Waals surface area contributed by atoms with Crippen molar-refractivity contribution in [2.45, 2.75) is 6.42 Å². The van der Waals surface area contributed by atoms with Gasteiger partial charge in [0.15, 0.2) is 6.61 Å². The third-order valence-corrected chi connectivity index (χ3v) is 3.32. The van der Waals surface area contributed by atoms with Gasteiger partial charge in [-0.25, -0.2) is 0 Å². The second-order valence-corrected chi connectivity index (χ2v) is 4.82. The zero-order valence-corrected chi connectivity index (χ0v) is 10.4. The van der Waals surface area contributed by atoms with Crippen LogP contribution in [0.1, 0.15) is 6.42 Å². The molecule has 0 unspecified atom stereocenters. The van der Waals surface area contributed by atoms with Crippen molar-refractivity contribution in [3.63, 3.8) is 0 Å². The Morgan fingerprint density at radius 3 is 2.85 bits per heavy atom. The number of carbonyl (C=O) groups excluding carboxylic acids is 2. The summed E-state index contributed by atoms with van der Waals surface area (Å²) in [7, 11) is 0. The fourth-order valence-corrected chi connectivity index (χ4v) is 2.15. The average Bonchev–Trinajstić information content (AvgIpc) is 3.18. The summed E-state index contributed by atoms with van der Waals surface area (Å²) in [6.45, 7) is -0.0267. The van der Waals surface area contributed by atoms with E-state index < -0.39 is 17.8 Å². The van der Waals surface area contributed by atoms with Crippen molar-refractivity contribution in [2.24, 2.45) is 11.8 Å². The maximum Gasteiger partial charge on any atom is 0.307 e. The molecule has 0 aromatic heterocycles. The highest BCUT2D eigenvalue weighted by molar-refractivity contribution is 6.00. The van der Waals surface area contributed by atoms with Crippen LogP contribution in [0.3, 0.4) is 0 Å². The fourth-order valence-electron chi connectivity index (χ4n) is 2.15. The fraction of sp³-hybridized carbons (Fsp3) is 0.308. The number of ether oxygens (including phenoxy) is 1. The van der Waals surface area contributed by atoms with E-state index in [-0.39, 0.29) is 18.4 Å². The summed E-state index contributed by atoms with van der Waals surface area (Å²) in [6.07, 6.45) is 0.367. The molecule has 1 saturated carbocycles. The molecule has 104 valence electrons. The van der Waals surface area contributed by atoms with Gasteiger partial charge in [0, 0.05) is 5.69 Å². The third kappa shape index (κ3) is 2.29. The summed E-state index contributed by atoms with van der Waals surface area (Å²) in [5, 5.41) is 14.1. The molecule has 20 heavy (non-hydrogen) atoms. The van der Waals surface area contributed by atoms with Crippen LogP contribution < -0.4 is 15.4 Å². The molecule has 3 rings (SSSR count). The first-order chi connectivity index (χ1) is 9.54. The minimum absolute atomic E-state index is 0.0267. The van der Waals surface area contributed by atoms with Crippen LogP contribution in [0.4, 0.5) is 11.4 Å². The Morgan fingerprint density at radius 1 is 1.35 bits per heavy atom. The van der Waals surface area contributed by atoms with Crippen LogP contribution in [0.25, 0.3) is 0 Å². The molecule has 1 aliphatic heterocycles. The summed E-state index contributed by atoms with van der Waals surface area (Å²) < 4.78 is 5.20. The van der Waals surface area contributed by atoms with Crippen LogP contribution in [-0.4, -0.2) is 29.5 Å². The molecule has 2 amide bonds. The highest BCUT2D eigenvalue weighted by atomic mass is 16.5. The SMILES string of the molecule is O=C1COc2ccc(NC(=O)[C@@H]3C[C@@H]3C(=O)O)cc2N1. The number of carboxylic acid groups (broad SMARTS) is 1. The Morgan fingerprint density at radius 2 is 2.15 bits per heavy atom. The number of fused-ring (bicyclic) bond motifs is 1. The molecule has 3 N–H and O–H groups in total. The van der Waals surface area contributed by atoms with Gasteiger partial charge in [0.2, 0.25) is 5.91 Å². The van der Waals surface area contributed by atoms with Gasteiger partial charge in [-0.2, -0.15) is 0 Å². The molecule has 0 radical (unpaired) electrons. The molecular weight excluding hydrogens is 264 g/mol. The second kappa shape index (κ2) is 4.52. The van der Waals surface area contributed by atoms with Gasteiger partial charge in [0.25, 0.3) is 5.91 Å². The Kier molecular flexibility index (Phi) is 2.81. The van der Waals surface area contributed by atoms with Crippen molar-refractivity contribution in [3.8, 4) is 5.75 Å². The smallest absolute Gasteiger partial charge is 0.307 e. The van der Waals surface area contributed by atoms with E-state index in [0.717, 1.165) is 0 Å². The van der Waals surface area contributed by atoms with E-state index in [1.807, 2.05) is 0 Å². The number of aliphatic carboxylic acids is 1. The lowest BCUT2D eigenvalue weighted by Gasteiger charge is -2.18. The van der Waals surface area contributed by atoms with E-state index in [0.29, 0.717) is 23.5 Å². The zero-order chi connectivity index (χ0) is 14.3. The minimum atomic E-state index is -0.948. The van der Waals surface area contributed by atoms with Crippen molar-refractivity contribution in [2.75, 3.05) is 17.2 Å². The van der Waals surface area contributed by atoms with E-state index in [9.17, 15) is 14.4 Å². The predicted octanol–water partition coefficient (Wildman–Crippen LogP) is 0.677. The van der Waals surface area contributed by atoms with Gasteiger partial charge in [-0.3, -0.25) is 14.4 Å². The van der Waals surface area contributed by atoms with Crippen LogP contribution >= 0.6 is 0 Å². The monoisotopic (exact) mass is 276 g/mol. The molecule has 0 bridgehead atoms. The van der Waals surface area contributed by atoms with Gasteiger partial charge < -0.3 is 20.5 Å². The van der Waals surface area contributed by atoms with Gasteiger partial charge in [-0.1, -0.05) is 0 Å². The standard InChI is InChI=1S/C13H12N2O5/c16-11-5-20-10-2-1-6(3-9(10)15-11)14-12(17)7-4-8(7)13(18)19/h1-3,7-8H,4-5H2,(H,14,17)(H,15,16)(H,18,19)/t7-,8+/m1/s1. The number of hydrogen-bond acceptors (Lipinski definition) is 4. The minimum Gasteiger partial charge on any atom is -0.482 e. The molecule has 1 aromatic carbocycles. The maximum absolute atomic E-state index is 11.8. The number of anilines is 2. The molecule has 0 saturated heterocycles. The first-order valence-electron chi connectivity index (χ1n) is 6.15. The average molecular weight is 276 g/mol. The summed E-state index contributed by atoms with van der Waals surface area (Å²) in [6, 6.07) is 4.88.